The summed E-state index contributed by atoms with van der Waals surface area (Å²) < 4.78 is 8.45. The first kappa shape index (κ1) is 19.6. The van der Waals surface area contributed by atoms with Crippen LogP contribution in [0.5, 0.6) is 5.75 Å². The molecule has 0 bridgehead atoms. The average molecular weight is 404 g/mol. The zero-order valence-corrected chi connectivity index (χ0v) is 18.1. The fourth-order valence-corrected chi connectivity index (χ4v) is 5.50. The number of ether oxygens (including phenoxy) is 1. The number of aromatic nitrogens is 2. The third kappa shape index (κ3) is 3.98. The van der Waals surface area contributed by atoms with Crippen LogP contribution in [0.3, 0.4) is 0 Å². The minimum absolute atomic E-state index is 0.571. The molecule has 1 aliphatic heterocycles. The molecule has 1 saturated carbocycles. The molecule has 5 rings (SSSR count). The summed E-state index contributed by atoms with van der Waals surface area (Å²) in [6.45, 7) is 5.19. The van der Waals surface area contributed by atoms with Crippen LogP contribution in [-0.4, -0.2) is 33.4 Å². The fraction of sp³-hybridized carbons (Fsp3) is 0.500. The molecule has 2 aliphatic rings. The van der Waals surface area contributed by atoms with Gasteiger partial charge >= 0.3 is 0 Å². The predicted octanol–water partition coefficient (Wildman–Crippen LogP) is 5.73. The SMILES string of the molecule is Cc1nc2c(OCc3ccccc3)cccn2c1C1CCN(C2CCCCC2)CC1. The Balaban J connectivity index is 1.32. The van der Waals surface area contributed by atoms with Gasteiger partial charge in [-0.1, -0.05) is 49.6 Å². The van der Waals surface area contributed by atoms with E-state index in [2.05, 4.69) is 52.8 Å². The quantitative estimate of drug-likeness (QED) is 0.544. The molecule has 4 nitrogen and oxygen atoms in total. The maximum atomic E-state index is 6.17. The number of rotatable bonds is 5. The van der Waals surface area contributed by atoms with Crippen molar-refractivity contribution in [1.29, 1.82) is 0 Å². The number of benzene rings is 1. The Morgan fingerprint density at radius 1 is 0.933 bits per heavy atom. The van der Waals surface area contributed by atoms with Crippen LogP contribution < -0.4 is 4.74 Å². The Kier molecular flexibility index (Phi) is 5.76. The van der Waals surface area contributed by atoms with Gasteiger partial charge in [-0.25, -0.2) is 4.98 Å². The monoisotopic (exact) mass is 403 g/mol. The summed E-state index contributed by atoms with van der Waals surface area (Å²) in [6.07, 6.45) is 11.7. The van der Waals surface area contributed by atoms with Gasteiger partial charge in [-0.3, -0.25) is 0 Å². The Morgan fingerprint density at radius 2 is 1.70 bits per heavy atom. The number of hydrogen-bond acceptors (Lipinski definition) is 3. The molecule has 4 heteroatoms. The second-order valence-corrected chi connectivity index (χ2v) is 9.02. The van der Waals surface area contributed by atoms with Crippen molar-refractivity contribution in [1.82, 2.24) is 14.3 Å². The van der Waals surface area contributed by atoms with Crippen LogP contribution in [-0.2, 0) is 6.61 Å². The lowest BCUT2D eigenvalue weighted by Crippen LogP contribution is -2.42. The molecule has 0 atom stereocenters. The maximum Gasteiger partial charge on any atom is 0.180 e. The van der Waals surface area contributed by atoms with E-state index in [1.165, 1.54) is 69.3 Å². The minimum atomic E-state index is 0.571. The molecular weight excluding hydrogens is 370 g/mol. The summed E-state index contributed by atoms with van der Waals surface area (Å²) in [5.41, 5.74) is 4.68. The van der Waals surface area contributed by atoms with Crippen LogP contribution in [0.1, 0.15) is 67.8 Å². The van der Waals surface area contributed by atoms with Gasteiger partial charge < -0.3 is 14.0 Å². The third-order valence-electron chi connectivity index (χ3n) is 7.08. The Hall–Kier alpha value is -2.33. The van der Waals surface area contributed by atoms with E-state index in [-0.39, 0.29) is 0 Å². The molecule has 2 aromatic heterocycles. The highest BCUT2D eigenvalue weighted by Gasteiger charge is 2.29. The molecule has 0 spiro atoms. The van der Waals surface area contributed by atoms with Crippen LogP contribution in [0.25, 0.3) is 5.65 Å². The van der Waals surface area contributed by atoms with Crippen LogP contribution >= 0.6 is 0 Å². The zero-order valence-electron chi connectivity index (χ0n) is 18.1. The van der Waals surface area contributed by atoms with Gasteiger partial charge in [0.05, 0.1) is 5.69 Å². The van der Waals surface area contributed by atoms with Crippen LogP contribution in [0, 0.1) is 6.92 Å². The number of aryl methyl sites for hydroxylation is 1. The molecule has 0 amide bonds. The molecule has 1 aliphatic carbocycles. The number of hydrogen-bond donors (Lipinski definition) is 0. The van der Waals surface area contributed by atoms with Gasteiger partial charge in [0.25, 0.3) is 0 Å². The van der Waals surface area contributed by atoms with Crippen molar-refractivity contribution in [3.8, 4) is 5.75 Å². The predicted molar refractivity (Wildman–Crippen MR) is 121 cm³/mol. The van der Waals surface area contributed by atoms with Gasteiger partial charge in [-0.05, 0) is 63.4 Å². The Labute approximate surface area is 179 Å². The Bertz CT molecular complexity index is 967. The standard InChI is InChI=1S/C26H33N3O/c1-20-25(22-14-17-28(18-15-22)23-11-6-3-7-12-23)29-16-8-13-24(26(29)27-20)30-19-21-9-4-2-5-10-21/h2,4-5,8-10,13,16,22-23H,3,6-7,11-12,14-15,17-19H2,1H3. The van der Waals surface area contributed by atoms with Gasteiger partial charge in [0.15, 0.2) is 11.4 Å². The first-order valence-corrected chi connectivity index (χ1v) is 11.7. The van der Waals surface area contributed by atoms with Crippen molar-refractivity contribution in [3.05, 3.63) is 65.6 Å². The molecule has 0 unspecified atom stereocenters. The van der Waals surface area contributed by atoms with Gasteiger partial charge in [-0.2, -0.15) is 0 Å². The van der Waals surface area contributed by atoms with E-state index in [9.17, 15) is 0 Å². The topological polar surface area (TPSA) is 29.8 Å². The molecule has 158 valence electrons. The number of pyridine rings is 1. The van der Waals surface area contributed by atoms with Crippen LogP contribution in [0.15, 0.2) is 48.7 Å². The maximum absolute atomic E-state index is 6.17. The van der Waals surface area contributed by atoms with E-state index in [0.29, 0.717) is 12.5 Å². The molecular formula is C26H33N3O. The lowest BCUT2D eigenvalue weighted by Gasteiger charge is -2.39. The highest BCUT2D eigenvalue weighted by Crippen LogP contribution is 2.35. The van der Waals surface area contributed by atoms with Crippen molar-refractivity contribution in [3.63, 3.8) is 0 Å². The van der Waals surface area contributed by atoms with Crippen molar-refractivity contribution >= 4 is 5.65 Å². The molecule has 0 radical (unpaired) electrons. The smallest absolute Gasteiger partial charge is 0.180 e. The van der Waals surface area contributed by atoms with Crippen molar-refractivity contribution in [2.45, 2.75) is 70.4 Å². The van der Waals surface area contributed by atoms with Crippen LogP contribution in [0.2, 0.25) is 0 Å². The largest absolute Gasteiger partial charge is 0.485 e. The summed E-state index contributed by atoms with van der Waals surface area (Å²) in [7, 11) is 0. The Morgan fingerprint density at radius 3 is 2.47 bits per heavy atom. The van der Waals surface area contributed by atoms with Gasteiger partial charge in [0.2, 0.25) is 0 Å². The summed E-state index contributed by atoms with van der Waals surface area (Å²) in [5.74, 6) is 1.46. The zero-order chi connectivity index (χ0) is 20.3. The normalized spacial score (nSPS) is 19.4. The van der Waals surface area contributed by atoms with Gasteiger partial charge in [0.1, 0.15) is 6.61 Å². The third-order valence-corrected chi connectivity index (χ3v) is 7.08. The number of imidazole rings is 1. The molecule has 1 aromatic carbocycles. The van der Waals surface area contributed by atoms with E-state index < -0.39 is 0 Å². The highest BCUT2D eigenvalue weighted by molar-refractivity contribution is 5.56. The summed E-state index contributed by atoms with van der Waals surface area (Å²) in [6, 6.07) is 15.3. The molecule has 0 N–H and O–H groups in total. The molecule has 30 heavy (non-hydrogen) atoms. The molecule has 3 aromatic rings. The van der Waals surface area contributed by atoms with Gasteiger partial charge in [-0.15, -0.1) is 0 Å². The summed E-state index contributed by atoms with van der Waals surface area (Å²) >= 11 is 0. The van der Waals surface area contributed by atoms with Crippen molar-refractivity contribution in [2.24, 2.45) is 0 Å². The number of nitrogens with zero attached hydrogens (tertiary/aromatic N) is 3. The summed E-state index contributed by atoms with van der Waals surface area (Å²) in [5, 5.41) is 0. The number of fused-ring (bicyclic) bond motifs is 1. The summed E-state index contributed by atoms with van der Waals surface area (Å²) in [4.78, 5) is 7.70. The minimum Gasteiger partial charge on any atom is -0.485 e. The second-order valence-electron chi connectivity index (χ2n) is 9.02. The second kappa shape index (κ2) is 8.81. The number of piperidine rings is 1. The molecule has 1 saturated heterocycles. The molecule has 2 fully saturated rings. The lowest BCUT2D eigenvalue weighted by molar-refractivity contribution is 0.121. The van der Waals surface area contributed by atoms with Gasteiger partial charge in [0, 0.05) is 23.9 Å². The molecule has 3 heterocycles. The van der Waals surface area contributed by atoms with E-state index >= 15 is 0 Å². The lowest BCUT2D eigenvalue weighted by atomic mass is 9.88. The van der Waals surface area contributed by atoms with Crippen molar-refractivity contribution in [2.75, 3.05) is 13.1 Å². The fourth-order valence-electron chi connectivity index (χ4n) is 5.50. The van der Waals surface area contributed by atoms with Crippen molar-refractivity contribution < 1.29 is 4.74 Å². The highest BCUT2D eigenvalue weighted by atomic mass is 16.5. The van der Waals surface area contributed by atoms with E-state index in [1.807, 2.05) is 12.1 Å². The van der Waals surface area contributed by atoms with E-state index in [1.54, 1.807) is 0 Å². The first-order valence-electron chi connectivity index (χ1n) is 11.7. The number of likely N-dealkylation sites (tertiary alicyclic amines) is 1. The first-order chi connectivity index (χ1) is 14.8. The van der Waals surface area contributed by atoms with E-state index in [0.717, 1.165) is 23.1 Å². The van der Waals surface area contributed by atoms with Crippen LogP contribution in [0.4, 0.5) is 0 Å². The van der Waals surface area contributed by atoms with E-state index in [4.69, 9.17) is 9.72 Å². The average Bonchev–Trinajstić information content (AvgIpc) is 3.15.